The highest BCUT2D eigenvalue weighted by Crippen LogP contribution is 2.29. The molecule has 1 heterocycles. The summed E-state index contributed by atoms with van der Waals surface area (Å²) in [5.41, 5.74) is 4.51. The van der Waals surface area contributed by atoms with Crippen molar-refractivity contribution in [3.63, 3.8) is 0 Å². The highest BCUT2D eigenvalue weighted by molar-refractivity contribution is 7.99. The van der Waals surface area contributed by atoms with Crippen LogP contribution < -0.4 is 15.0 Å². The SMILES string of the molecule is COc1ccc(C)cc1-n1c(SCCOc2c(C)cccc2C)nc2ccccc2c1=O. The summed E-state index contributed by atoms with van der Waals surface area (Å²) in [6.07, 6.45) is 0. The van der Waals surface area contributed by atoms with Crippen molar-refractivity contribution in [3.05, 3.63) is 87.7 Å². The van der Waals surface area contributed by atoms with Crippen LogP contribution in [-0.2, 0) is 0 Å². The Morgan fingerprint density at radius 2 is 1.72 bits per heavy atom. The summed E-state index contributed by atoms with van der Waals surface area (Å²) >= 11 is 1.50. The monoisotopic (exact) mass is 446 g/mol. The molecule has 1 aromatic heterocycles. The first-order valence-corrected chi connectivity index (χ1v) is 11.5. The molecule has 0 aliphatic rings. The molecule has 0 saturated heterocycles. The molecule has 32 heavy (non-hydrogen) atoms. The van der Waals surface area contributed by atoms with E-state index in [9.17, 15) is 4.79 Å². The van der Waals surface area contributed by atoms with Crippen molar-refractivity contribution >= 4 is 22.7 Å². The first-order valence-electron chi connectivity index (χ1n) is 10.5. The second-order valence-corrected chi connectivity index (χ2v) is 8.71. The molecule has 6 heteroatoms. The van der Waals surface area contributed by atoms with Crippen LogP contribution in [0.5, 0.6) is 11.5 Å². The summed E-state index contributed by atoms with van der Waals surface area (Å²) in [5.74, 6) is 2.19. The maximum Gasteiger partial charge on any atom is 0.266 e. The van der Waals surface area contributed by atoms with E-state index in [0.717, 1.165) is 22.4 Å². The van der Waals surface area contributed by atoms with Crippen LogP contribution in [0, 0.1) is 20.8 Å². The van der Waals surface area contributed by atoms with E-state index in [1.165, 1.54) is 11.8 Å². The zero-order chi connectivity index (χ0) is 22.7. The maximum absolute atomic E-state index is 13.5. The molecule has 0 spiro atoms. The van der Waals surface area contributed by atoms with Crippen molar-refractivity contribution in [3.8, 4) is 17.2 Å². The van der Waals surface area contributed by atoms with Gasteiger partial charge in [-0.1, -0.05) is 48.2 Å². The number of hydrogen-bond donors (Lipinski definition) is 0. The lowest BCUT2D eigenvalue weighted by Gasteiger charge is -2.17. The zero-order valence-electron chi connectivity index (χ0n) is 18.7. The van der Waals surface area contributed by atoms with Crippen LogP contribution in [0.3, 0.4) is 0 Å². The first kappa shape index (κ1) is 22.0. The molecule has 0 amide bonds. The first-order chi connectivity index (χ1) is 15.5. The molecule has 164 valence electrons. The topological polar surface area (TPSA) is 53.4 Å². The minimum absolute atomic E-state index is 0.113. The number of para-hydroxylation sites is 2. The number of nitrogens with zero attached hydrogens (tertiary/aromatic N) is 2. The molecule has 0 saturated carbocycles. The summed E-state index contributed by atoms with van der Waals surface area (Å²) in [7, 11) is 1.61. The fourth-order valence-electron chi connectivity index (χ4n) is 3.70. The number of benzene rings is 3. The number of aromatic nitrogens is 2. The molecule has 0 aliphatic carbocycles. The normalized spacial score (nSPS) is 11.0. The van der Waals surface area contributed by atoms with Crippen LogP contribution in [0.25, 0.3) is 16.6 Å². The molecule has 0 fully saturated rings. The number of ether oxygens (including phenoxy) is 2. The number of aryl methyl sites for hydroxylation is 3. The third kappa shape index (κ3) is 4.36. The average Bonchev–Trinajstić information content (AvgIpc) is 2.78. The molecular formula is C26H26N2O3S. The number of hydrogen-bond acceptors (Lipinski definition) is 5. The predicted molar refractivity (Wildman–Crippen MR) is 131 cm³/mol. The Bertz CT molecular complexity index is 1310. The Labute approximate surface area is 192 Å². The Balaban J connectivity index is 1.70. The van der Waals surface area contributed by atoms with Crippen LogP contribution in [0.1, 0.15) is 16.7 Å². The molecule has 0 bridgehead atoms. The van der Waals surface area contributed by atoms with Crippen molar-refractivity contribution in [2.75, 3.05) is 19.5 Å². The molecule has 0 radical (unpaired) electrons. The van der Waals surface area contributed by atoms with Gasteiger partial charge in [-0.15, -0.1) is 0 Å². The van der Waals surface area contributed by atoms with E-state index >= 15 is 0 Å². The minimum atomic E-state index is -0.113. The number of thioether (sulfide) groups is 1. The van der Waals surface area contributed by atoms with E-state index in [1.54, 1.807) is 11.7 Å². The van der Waals surface area contributed by atoms with Gasteiger partial charge < -0.3 is 9.47 Å². The lowest BCUT2D eigenvalue weighted by atomic mass is 10.1. The highest BCUT2D eigenvalue weighted by Gasteiger charge is 2.17. The lowest BCUT2D eigenvalue weighted by molar-refractivity contribution is 0.339. The molecule has 0 atom stereocenters. The van der Waals surface area contributed by atoms with Crippen molar-refractivity contribution < 1.29 is 9.47 Å². The summed E-state index contributed by atoms with van der Waals surface area (Å²) in [6.45, 7) is 6.59. The molecule has 3 aromatic carbocycles. The second-order valence-electron chi connectivity index (χ2n) is 7.65. The molecule has 4 aromatic rings. The van der Waals surface area contributed by atoms with E-state index in [0.29, 0.717) is 39.9 Å². The van der Waals surface area contributed by atoms with E-state index < -0.39 is 0 Å². The van der Waals surface area contributed by atoms with Gasteiger partial charge in [0, 0.05) is 5.75 Å². The Morgan fingerprint density at radius 1 is 0.969 bits per heavy atom. The quantitative estimate of drug-likeness (QED) is 0.213. The number of rotatable bonds is 7. The van der Waals surface area contributed by atoms with Gasteiger partial charge in [-0.2, -0.15) is 0 Å². The predicted octanol–water partition coefficient (Wildman–Crippen LogP) is 5.49. The third-order valence-electron chi connectivity index (χ3n) is 5.29. The molecule has 0 aliphatic heterocycles. The van der Waals surface area contributed by atoms with Crippen molar-refractivity contribution in [1.82, 2.24) is 9.55 Å². The van der Waals surface area contributed by atoms with Crippen molar-refractivity contribution in [1.29, 1.82) is 0 Å². The number of methoxy groups -OCH3 is 1. The summed E-state index contributed by atoms with van der Waals surface area (Å²) in [6, 6.07) is 19.3. The van der Waals surface area contributed by atoms with Crippen LogP contribution in [-0.4, -0.2) is 29.0 Å². The molecule has 4 rings (SSSR count). The highest BCUT2D eigenvalue weighted by atomic mass is 32.2. The van der Waals surface area contributed by atoms with Crippen molar-refractivity contribution in [2.45, 2.75) is 25.9 Å². The van der Waals surface area contributed by atoms with Gasteiger partial charge in [-0.3, -0.25) is 9.36 Å². The second kappa shape index (κ2) is 9.49. The summed E-state index contributed by atoms with van der Waals surface area (Å²) in [5, 5.41) is 1.19. The van der Waals surface area contributed by atoms with Gasteiger partial charge in [0.05, 0.1) is 30.3 Å². The zero-order valence-corrected chi connectivity index (χ0v) is 19.5. The van der Waals surface area contributed by atoms with Crippen LogP contribution in [0.4, 0.5) is 0 Å². The van der Waals surface area contributed by atoms with E-state index in [4.69, 9.17) is 14.5 Å². The standard InChI is InChI=1S/C26H26N2O3S/c1-17-12-13-23(30-4)22(16-17)28-25(29)20-10-5-6-11-21(20)27-26(28)32-15-14-31-24-18(2)8-7-9-19(24)3/h5-13,16H,14-15H2,1-4H3. The average molecular weight is 447 g/mol. The number of fused-ring (bicyclic) bond motifs is 1. The van der Waals surface area contributed by atoms with Gasteiger partial charge in [0.1, 0.15) is 11.5 Å². The lowest BCUT2D eigenvalue weighted by Crippen LogP contribution is -2.22. The molecule has 0 N–H and O–H groups in total. The fraction of sp³-hybridized carbons (Fsp3) is 0.231. The third-order valence-corrected chi connectivity index (χ3v) is 6.19. The van der Waals surface area contributed by atoms with Crippen LogP contribution in [0.15, 0.2) is 70.6 Å². The van der Waals surface area contributed by atoms with Gasteiger partial charge >= 0.3 is 0 Å². The molecular weight excluding hydrogens is 420 g/mol. The van der Waals surface area contributed by atoms with E-state index in [-0.39, 0.29) is 5.56 Å². The van der Waals surface area contributed by atoms with Gasteiger partial charge in [-0.25, -0.2) is 4.98 Å². The Hall–Kier alpha value is -3.25. The van der Waals surface area contributed by atoms with Crippen LogP contribution in [0.2, 0.25) is 0 Å². The Morgan fingerprint density at radius 3 is 2.47 bits per heavy atom. The maximum atomic E-state index is 13.5. The van der Waals surface area contributed by atoms with Gasteiger partial charge in [0.2, 0.25) is 0 Å². The van der Waals surface area contributed by atoms with Crippen LogP contribution >= 0.6 is 11.8 Å². The minimum Gasteiger partial charge on any atom is -0.495 e. The summed E-state index contributed by atoms with van der Waals surface area (Å²) < 4.78 is 13.3. The van der Waals surface area contributed by atoms with Crippen molar-refractivity contribution in [2.24, 2.45) is 0 Å². The smallest absolute Gasteiger partial charge is 0.266 e. The molecule has 0 unspecified atom stereocenters. The largest absolute Gasteiger partial charge is 0.495 e. The van der Waals surface area contributed by atoms with Gasteiger partial charge in [-0.05, 0) is 61.7 Å². The Kier molecular flexibility index (Phi) is 6.51. The fourth-order valence-corrected chi connectivity index (χ4v) is 4.52. The summed E-state index contributed by atoms with van der Waals surface area (Å²) in [4.78, 5) is 18.3. The van der Waals surface area contributed by atoms with E-state index in [2.05, 4.69) is 0 Å². The van der Waals surface area contributed by atoms with E-state index in [1.807, 2.05) is 81.4 Å². The van der Waals surface area contributed by atoms with Gasteiger partial charge in [0.25, 0.3) is 5.56 Å². The van der Waals surface area contributed by atoms with Gasteiger partial charge in [0.15, 0.2) is 5.16 Å². The molecule has 5 nitrogen and oxygen atoms in total.